The Morgan fingerprint density at radius 2 is 1.87 bits per heavy atom. The molecule has 2 aliphatic rings. The van der Waals surface area contributed by atoms with Crippen molar-refractivity contribution in [3.05, 3.63) is 35.9 Å². The molecule has 0 aromatic heterocycles. The summed E-state index contributed by atoms with van der Waals surface area (Å²) < 4.78 is 5.59. The van der Waals surface area contributed by atoms with E-state index in [1.165, 1.54) is 4.90 Å². The first-order chi connectivity index (χ1) is 14.6. The number of hydrogen-bond acceptors (Lipinski definition) is 5. The summed E-state index contributed by atoms with van der Waals surface area (Å²) in [6.07, 6.45) is -0.233. The van der Waals surface area contributed by atoms with Crippen LogP contribution in [0.15, 0.2) is 30.3 Å². The summed E-state index contributed by atoms with van der Waals surface area (Å²) in [6.45, 7) is 8.33. The van der Waals surface area contributed by atoms with Crippen LogP contribution in [0.2, 0.25) is 0 Å². The molecule has 2 fully saturated rings. The fraction of sp³-hybridized carbons (Fsp3) is 0.625. The number of carbonyl (C=O) groups excluding carboxylic acids is 3. The van der Waals surface area contributed by atoms with Gasteiger partial charge in [-0.2, -0.15) is 0 Å². The van der Waals surface area contributed by atoms with Gasteiger partial charge in [-0.1, -0.05) is 37.3 Å². The van der Waals surface area contributed by atoms with Crippen molar-refractivity contribution in [1.29, 1.82) is 0 Å². The Bertz CT molecular complexity index is 804. The molecule has 170 valence electrons. The molecule has 7 heteroatoms. The predicted octanol–water partition coefficient (Wildman–Crippen LogP) is 3.00. The van der Waals surface area contributed by atoms with E-state index >= 15 is 0 Å². The summed E-state index contributed by atoms with van der Waals surface area (Å²) in [5.41, 5.74) is 0.248. The number of benzene rings is 1. The van der Waals surface area contributed by atoms with Gasteiger partial charge in [-0.25, -0.2) is 4.79 Å². The second-order valence-corrected chi connectivity index (χ2v) is 9.64. The number of hydrogen-bond donors (Lipinski definition) is 1. The van der Waals surface area contributed by atoms with Crippen molar-refractivity contribution in [2.45, 2.75) is 71.2 Å². The Kier molecular flexibility index (Phi) is 7.04. The van der Waals surface area contributed by atoms with E-state index in [-0.39, 0.29) is 31.1 Å². The molecule has 1 aromatic carbocycles. The third kappa shape index (κ3) is 5.45. The first-order valence-electron chi connectivity index (χ1n) is 11.1. The van der Waals surface area contributed by atoms with Crippen molar-refractivity contribution in [2.75, 3.05) is 13.1 Å². The van der Waals surface area contributed by atoms with Gasteiger partial charge in [0.2, 0.25) is 5.91 Å². The number of piperidine rings is 1. The lowest BCUT2D eigenvalue weighted by Gasteiger charge is -2.49. The molecule has 3 rings (SSSR count). The first kappa shape index (κ1) is 23.3. The minimum atomic E-state index is -0.760. The van der Waals surface area contributed by atoms with Crippen LogP contribution in [0.5, 0.6) is 0 Å². The molecule has 2 amide bonds. The van der Waals surface area contributed by atoms with Crippen molar-refractivity contribution in [3.63, 3.8) is 0 Å². The Morgan fingerprint density at radius 3 is 2.48 bits per heavy atom. The van der Waals surface area contributed by atoms with E-state index in [9.17, 15) is 19.5 Å². The van der Waals surface area contributed by atoms with Gasteiger partial charge >= 0.3 is 6.09 Å². The van der Waals surface area contributed by atoms with Crippen molar-refractivity contribution < 1.29 is 24.2 Å². The number of nitrogens with zero attached hydrogens (tertiary/aromatic N) is 2. The molecule has 1 heterocycles. The summed E-state index contributed by atoms with van der Waals surface area (Å²) in [5, 5.41) is 10.9. The molecule has 1 N–H and O–H groups in total. The van der Waals surface area contributed by atoms with E-state index in [0.717, 1.165) is 12.0 Å². The predicted molar refractivity (Wildman–Crippen MR) is 116 cm³/mol. The number of carbonyl (C=O) groups is 3. The van der Waals surface area contributed by atoms with Crippen LogP contribution >= 0.6 is 0 Å². The number of Topliss-reactive ketones (excluding diaryl/α,β-unsaturated/α-hetero) is 1. The lowest BCUT2D eigenvalue weighted by molar-refractivity contribution is -0.161. The van der Waals surface area contributed by atoms with Crippen molar-refractivity contribution in [1.82, 2.24) is 9.80 Å². The van der Waals surface area contributed by atoms with Gasteiger partial charge in [0.05, 0.1) is 12.1 Å². The van der Waals surface area contributed by atoms with Crippen molar-refractivity contribution in [3.8, 4) is 0 Å². The third-order valence-electron chi connectivity index (χ3n) is 6.05. The van der Waals surface area contributed by atoms with Crippen LogP contribution in [0.25, 0.3) is 0 Å². The third-order valence-corrected chi connectivity index (χ3v) is 6.05. The van der Waals surface area contributed by atoms with Gasteiger partial charge in [0.25, 0.3) is 0 Å². The van der Waals surface area contributed by atoms with Crippen LogP contribution in [0.1, 0.15) is 52.5 Å². The monoisotopic (exact) mass is 430 g/mol. The second kappa shape index (κ2) is 9.39. The highest BCUT2D eigenvalue weighted by Gasteiger charge is 2.51. The standard InChI is InChI=1S/C24H34N2O5/c1-5-11-26-19-13-20(27)18(17(22(19)29)12-21(26)28)15-25(23(30)31-24(2,3)4)14-16-9-7-6-8-10-16/h6-10,17-19,22,29H,5,11-15H2,1-4H3/t17-,18+,19+,22-/m1/s1. The molecule has 7 nitrogen and oxygen atoms in total. The molecule has 31 heavy (non-hydrogen) atoms. The van der Waals surface area contributed by atoms with Gasteiger partial charge in [-0.3, -0.25) is 9.59 Å². The Balaban J connectivity index is 1.82. The van der Waals surface area contributed by atoms with E-state index in [2.05, 4.69) is 0 Å². The zero-order valence-electron chi connectivity index (χ0n) is 18.9. The quantitative estimate of drug-likeness (QED) is 0.750. The summed E-state index contributed by atoms with van der Waals surface area (Å²) in [6, 6.07) is 9.06. The normalized spacial score (nSPS) is 26.0. The number of fused-ring (bicyclic) bond motifs is 2. The van der Waals surface area contributed by atoms with Crippen LogP contribution in [0.3, 0.4) is 0 Å². The van der Waals surface area contributed by atoms with Gasteiger partial charge in [0, 0.05) is 44.3 Å². The minimum Gasteiger partial charge on any atom is -0.444 e. The number of aliphatic hydroxyl groups excluding tert-OH is 1. The molecule has 1 aromatic rings. The Hall–Kier alpha value is -2.41. The highest BCUT2D eigenvalue weighted by Crippen LogP contribution is 2.38. The molecule has 1 aliphatic carbocycles. The van der Waals surface area contributed by atoms with E-state index in [0.29, 0.717) is 13.1 Å². The van der Waals surface area contributed by atoms with Gasteiger partial charge in [0.15, 0.2) is 0 Å². The maximum Gasteiger partial charge on any atom is 0.410 e. The van der Waals surface area contributed by atoms with E-state index < -0.39 is 35.7 Å². The molecular weight excluding hydrogens is 396 g/mol. The molecule has 1 saturated carbocycles. The van der Waals surface area contributed by atoms with Crippen LogP contribution < -0.4 is 0 Å². The number of likely N-dealkylation sites (tertiary alicyclic amines) is 1. The van der Waals surface area contributed by atoms with Crippen LogP contribution in [0, 0.1) is 11.8 Å². The minimum absolute atomic E-state index is 0.00414. The fourth-order valence-electron chi connectivity index (χ4n) is 4.64. The molecule has 1 aliphatic heterocycles. The molecule has 0 unspecified atom stereocenters. The average Bonchev–Trinajstić information content (AvgIpc) is 2.69. The molecule has 0 radical (unpaired) electrons. The van der Waals surface area contributed by atoms with Crippen LogP contribution in [-0.2, 0) is 20.9 Å². The molecular formula is C24H34N2O5. The van der Waals surface area contributed by atoms with Gasteiger partial charge in [-0.05, 0) is 32.8 Å². The summed E-state index contributed by atoms with van der Waals surface area (Å²) in [4.78, 5) is 41.9. The molecule has 1 saturated heterocycles. The molecule has 2 bridgehead atoms. The van der Waals surface area contributed by atoms with Crippen molar-refractivity contribution in [2.24, 2.45) is 11.8 Å². The number of aliphatic hydroxyl groups is 1. The highest BCUT2D eigenvalue weighted by molar-refractivity contribution is 5.88. The van der Waals surface area contributed by atoms with Gasteiger partial charge in [0.1, 0.15) is 11.4 Å². The smallest absolute Gasteiger partial charge is 0.410 e. The van der Waals surface area contributed by atoms with Crippen molar-refractivity contribution >= 4 is 17.8 Å². The SMILES string of the molecule is CCCN1C(=O)C[C@H]2[C@@H](O)[C@@H]1CC(=O)[C@H]2CN(Cc1ccccc1)C(=O)OC(C)(C)C. The maximum absolute atomic E-state index is 13.1. The Labute approximate surface area is 184 Å². The van der Waals surface area contributed by atoms with Gasteiger partial charge < -0.3 is 19.6 Å². The topological polar surface area (TPSA) is 87.2 Å². The Morgan fingerprint density at radius 1 is 1.19 bits per heavy atom. The number of ketones is 1. The van der Waals surface area contributed by atoms with E-state index in [4.69, 9.17) is 4.74 Å². The van der Waals surface area contributed by atoms with Gasteiger partial charge in [-0.15, -0.1) is 0 Å². The molecule has 4 atom stereocenters. The lowest BCUT2D eigenvalue weighted by atomic mass is 9.69. The van der Waals surface area contributed by atoms with Crippen LogP contribution in [-0.4, -0.2) is 63.5 Å². The number of ether oxygens (including phenoxy) is 1. The second-order valence-electron chi connectivity index (χ2n) is 9.64. The zero-order chi connectivity index (χ0) is 22.8. The maximum atomic E-state index is 13.1. The fourth-order valence-corrected chi connectivity index (χ4v) is 4.64. The zero-order valence-corrected chi connectivity index (χ0v) is 18.9. The average molecular weight is 431 g/mol. The largest absolute Gasteiger partial charge is 0.444 e. The van der Waals surface area contributed by atoms with E-state index in [1.807, 2.05) is 37.3 Å². The number of rotatable bonds is 6. The number of amides is 2. The summed E-state index contributed by atoms with van der Waals surface area (Å²) in [7, 11) is 0. The lowest BCUT2D eigenvalue weighted by Crippen LogP contribution is -2.63. The first-order valence-corrected chi connectivity index (χ1v) is 11.1. The van der Waals surface area contributed by atoms with Crippen LogP contribution in [0.4, 0.5) is 4.79 Å². The molecule has 0 spiro atoms. The summed E-state index contributed by atoms with van der Waals surface area (Å²) in [5.74, 6) is -1.09. The highest BCUT2D eigenvalue weighted by atomic mass is 16.6. The summed E-state index contributed by atoms with van der Waals surface area (Å²) >= 11 is 0. The van der Waals surface area contributed by atoms with E-state index in [1.54, 1.807) is 25.7 Å².